The summed E-state index contributed by atoms with van der Waals surface area (Å²) >= 11 is 0. The van der Waals surface area contributed by atoms with Crippen molar-refractivity contribution in [3.63, 3.8) is 0 Å². The van der Waals surface area contributed by atoms with Gasteiger partial charge in [-0.1, -0.05) is 24.3 Å². The van der Waals surface area contributed by atoms with Crippen LogP contribution in [-0.4, -0.2) is 35.7 Å². The third-order valence-electron chi connectivity index (χ3n) is 6.04. The van der Waals surface area contributed by atoms with E-state index in [1.807, 2.05) is 32.0 Å². The largest absolute Gasteiger partial charge is 0.366 e. The molecule has 1 fully saturated rings. The Hall–Kier alpha value is -3.41. The monoisotopic (exact) mass is 417 g/mol. The molecule has 31 heavy (non-hydrogen) atoms. The molecule has 3 amide bonds. The quantitative estimate of drug-likeness (QED) is 0.763. The molecule has 0 saturated carbocycles. The summed E-state index contributed by atoms with van der Waals surface area (Å²) in [7, 11) is 0. The number of likely N-dealkylation sites (tertiary alicyclic amines) is 1. The van der Waals surface area contributed by atoms with Gasteiger partial charge in [0.05, 0.1) is 11.3 Å². The van der Waals surface area contributed by atoms with Crippen molar-refractivity contribution in [2.75, 3.05) is 23.3 Å². The Morgan fingerprint density at radius 3 is 2.23 bits per heavy atom. The molecule has 2 aromatic rings. The number of benzene rings is 2. The van der Waals surface area contributed by atoms with Crippen molar-refractivity contribution in [3.8, 4) is 0 Å². The average Bonchev–Trinajstić information content (AvgIpc) is 3.01. The molecular weight excluding hydrogens is 390 g/mol. The van der Waals surface area contributed by atoms with E-state index in [0.717, 1.165) is 43.5 Å². The molecule has 6 nitrogen and oxygen atoms in total. The van der Waals surface area contributed by atoms with Gasteiger partial charge in [0.2, 0.25) is 5.91 Å². The number of nitrogens with zero attached hydrogens (tertiary/aromatic N) is 2. The van der Waals surface area contributed by atoms with Crippen LogP contribution < -0.4 is 10.2 Å². The number of hydrogen-bond donors (Lipinski definition) is 1. The molecule has 0 radical (unpaired) electrons. The second kappa shape index (κ2) is 8.38. The number of rotatable bonds is 4. The number of carbonyl (C=O) groups is 3. The lowest BCUT2D eigenvalue weighted by atomic mass is 10.0. The summed E-state index contributed by atoms with van der Waals surface area (Å²) < 4.78 is 0. The van der Waals surface area contributed by atoms with Crippen LogP contribution >= 0.6 is 0 Å². The highest BCUT2D eigenvalue weighted by molar-refractivity contribution is 6.45. The Morgan fingerprint density at radius 2 is 1.58 bits per heavy atom. The van der Waals surface area contributed by atoms with Gasteiger partial charge in [-0.15, -0.1) is 0 Å². The lowest BCUT2D eigenvalue weighted by Gasteiger charge is -2.29. The van der Waals surface area contributed by atoms with Crippen LogP contribution in [0.4, 0.5) is 11.4 Å². The van der Waals surface area contributed by atoms with Gasteiger partial charge in [-0.2, -0.15) is 0 Å². The first-order valence-corrected chi connectivity index (χ1v) is 10.7. The van der Waals surface area contributed by atoms with Gasteiger partial charge in [0.1, 0.15) is 5.70 Å². The molecule has 0 spiro atoms. The van der Waals surface area contributed by atoms with Crippen molar-refractivity contribution >= 4 is 34.7 Å². The molecule has 0 aromatic heterocycles. The predicted molar refractivity (Wildman–Crippen MR) is 121 cm³/mol. The van der Waals surface area contributed by atoms with E-state index < -0.39 is 0 Å². The lowest BCUT2D eigenvalue weighted by molar-refractivity contribution is -0.121. The Kier molecular flexibility index (Phi) is 5.63. The normalized spacial score (nSPS) is 16.9. The number of aryl methyl sites for hydroxylation is 1. The van der Waals surface area contributed by atoms with Crippen LogP contribution in [0.25, 0.3) is 5.57 Å². The molecule has 2 aromatic carbocycles. The third kappa shape index (κ3) is 3.85. The molecule has 6 heteroatoms. The van der Waals surface area contributed by atoms with E-state index in [1.165, 1.54) is 11.8 Å². The zero-order valence-electron chi connectivity index (χ0n) is 18.2. The van der Waals surface area contributed by atoms with E-state index >= 15 is 0 Å². The fourth-order valence-corrected chi connectivity index (χ4v) is 4.31. The van der Waals surface area contributed by atoms with Crippen LogP contribution in [0, 0.1) is 13.8 Å². The van der Waals surface area contributed by atoms with Crippen LogP contribution in [0.3, 0.4) is 0 Å². The SMILES string of the molecule is CC(=O)Nc1ccc(C2=C(N3CCCCC3)C(=O)N(c3cccc(C)c3C)C2=O)cc1. The van der Waals surface area contributed by atoms with Gasteiger partial charge in [-0.3, -0.25) is 14.4 Å². The molecule has 2 aliphatic heterocycles. The van der Waals surface area contributed by atoms with Gasteiger partial charge in [0, 0.05) is 25.7 Å². The first kappa shape index (κ1) is 20.8. The first-order valence-electron chi connectivity index (χ1n) is 10.7. The molecule has 4 rings (SSSR count). The smallest absolute Gasteiger partial charge is 0.282 e. The molecule has 1 saturated heterocycles. The maximum Gasteiger partial charge on any atom is 0.282 e. The molecule has 0 unspecified atom stereocenters. The van der Waals surface area contributed by atoms with Gasteiger partial charge in [-0.25, -0.2) is 4.90 Å². The predicted octanol–water partition coefficient (Wildman–Crippen LogP) is 4.03. The van der Waals surface area contributed by atoms with E-state index in [9.17, 15) is 14.4 Å². The lowest BCUT2D eigenvalue weighted by Crippen LogP contribution is -2.37. The number of hydrogen-bond acceptors (Lipinski definition) is 4. The topological polar surface area (TPSA) is 69.7 Å². The number of amides is 3. The number of anilines is 2. The van der Waals surface area contributed by atoms with Crippen LogP contribution in [0.15, 0.2) is 48.2 Å². The summed E-state index contributed by atoms with van der Waals surface area (Å²) in [6, 6.07) is 12.8. The van der Waals surface area contributed by atoms with Crippen molar-refractivity contribution < 1.29 is 14.4 Å². The number of carbonyl (C=O) groups excluding carboxylic acids is 3. The summed E-state index contributed by atoms with van der Waals surface area (Å²) in [4.78, 5) is 42.0. The molecule has 0 aliphatic carbocycles. The minimum atomic E-state index is -0.299. The van der Waals surface area contributed by atoms with Gasteiger partial charge < -0.3 is 10.2 Å². The van der Waals surface area contributed by atoms with E-state index in [1.54, 1.807) is 24.3 Å². The van der Waals surface area contributed by atoms with Gasteiger partial charge in [0.25, 0.3) is 11.8 Å². The van der Waals surface area contributed by atoms with Gasteiger partial charge in [-0.05, 0) is 68.0 Å². The average molecular weight is 418 g/mol. The van der Waals surface area contributed by atoms with E-state index in [2.05, 4.69) is 10.2 Å². The van der Waals surface area contributed by atoms with Crippen molar-refractivity contribution in [3.05, 3.63) is 64.9 Å². The number of piperidine rings is 1. The minimum Gasteiger partial charge on any atom is -0.366 e. The molecule has 0 atom stereocenters. The summed E-state index contributed by atoms with van der Waals surface area (Å²) in [5.74, 6) is -0.720. The maximum absolute atomic E-state index is 13.6. The zero-order valence-corrected chi connectivity index (χ0v) is 18.2. The zero-order chi connectivity index (χ0) is 22.1. The van der Waals surface area contributed by atoms with Crippen LogP contribution in [0.5, 0.6) is 0 Å². The summed E-state index contributed by atoms with van der Waals surface area (Å²) in [5, 5.41) is 2.74. The van der Waals surface area contributed by atoms with Crippen LogP contribution in [0.1, 0.15) is 42.9 Å². The Bertz CT molecular complexity index is 1080. The van der Waals surface area contributed by atoms with E-state index in [-0.39, 0.29) is 17.7 Å². The number of nitrogens with one attached hydrogen (secondary N) is 1. The Labute approximate surface area is 182 Å². The molecular formula is C25H27N3O3. The van der Waals surface area contributed by atoms with Gasteiger partial charge >= 0.3 is 0 Å². The Morgan fingerprint density at radius 1 is 0.903 bits per heavy atom. The minimum absolute atomic E-state index is 0.158. The Balaban J connectivity index is 1.80. The van der Waals surface area contributed by atoms with Crippen molar-refractivity contribution in [1.29, 1.82) is 0 Å². The maximum atomic E-state index is 13.6. The van der Waals surface area contributed by atoms with Crippen molar-refractivity contribution in [2.24, 2.45) is 0 Å². The van der Waals surface area contributed by atoms with Gasteiger partial charge in [0.15, 0.2) is 0 Å². The highest BCUT2D eigenvalue weighted by Gasteiger charge is 2.43. The summed E-state index contributed by atoms with van der Waals surface area (Å²) in [5.41, 5.74) is 4.84. The molecule has 160 valence electrons. The second-order valence-electron chi connectivity index (χ2n) is 8.19. The van der Waals surface area contributed by atoms with Crippen molar-refractivity contribution in [1.82, 2.24) is 4.90 Å². The molecule has 2 aliphatic rings. The fourth-order valence-electron chi connectivity index (χ4n) is 4.31. The van der Waals surface area contributed by atoms with Crippen molar-refractivity contribution in [2.45, 2.75) is 40.0 Å². The molecule has 0 bridgehead atoms. The third-order valence-corrected chi connectivity index (χ3v) is 6.04. The molecule has 1 N–H and O–H groups in total. The first-order chi connectivity index (χ1) is 14.9. The van der Waals surface area contributed by atoms with E-state index in [4.69, 9.17) is 0 Å². The molecule has 2 heterocycles. The summed E-state index contributed by atoms with van der Waals surface area (Å²) in [6.45, 7) is 6.90. The van der Waals surface area contributed by atoms with E-state index in [0.29, 0.717) is 28.2 Å². The van der Waals surface area contributed by atoms with Crippen LogP contribution in [-0.2, 0) is 14.4 Å². The van der Waals surface area contributed by atoms with Crippen LogP contribution in [0.2, 0.25) is 0 Å². The standard InChI is InChI=1S/C25H27N3O3/c1-16-8-7-9-21(17(16)2)28-24(30)22(19-10-12-20(13-11-19)26-18(3)29)23(25(28)31)27-14-5-4-6-15-27/h7-13H,4-6,14-15H2,1-3H3,(H,26,29). The number of imide groups is 1. The second-order valence-corrected chi connectivity index (χ2v) is 8.19. The highest BCUT2D eigenvalue weighted by Crippen LogP contribution is 2.37. The highest BCUT2D eigenvalue weighted by atomic mass is 16.2. The summed E-state index contributed by atoms with van der Waals surface area (Å²) in [6.07, 6.45) is 3.14. The fraction of sp³-hybridized carbons (Fsp3) is 0.320.